The van der Waals surface area contributed by atoms with Gasteiger partial charge in [0.2, 0.25) is 6.29 Å². The van der Waals surface area contributed by atoms with E-state index in [9.17, 15) is 5.11 Å². The van der Waals surface area contributed by atoms with Gasteiger partial charge in [-0.05, 0) is 31.2 Å². The van der Waals surface area contributed by atoms with Gasteiger partial charge in [0, 0.05) is 5.02 Å². The van der Waals surface area contributed by atoms with Gasteiger partial charge in [0.25, 0.3) is 0 Å². The third-order valence-corrected chi connectivity index (χ3v) is 1.93. The minimum Gasteiger partial charge on any atom is -0.464 e. The fourth-order valence-corrected chi connectivity index (χ4v) is 0.924. The van der Waals surface area contributed by atoms with E-state index in [1.165, 1.54) is 0 Å². The average Bonchev–Trinajstić information content (AvgIpc) is 2.08. The number of alkyl halides is 1. The Balaban J connectivity index is 2.59. The van der Waals surface area contributed by atoms with Crippen LogP contribution < -0.4 is 4.74 Å². The van der Waals surface area contributed by atoms with E-state index in [1.807, 2.05) is 0 Å². The lowest BCUT2D eigenvalue weighted by molar-refractivity contribution is -0.0160. The molecular weight excluding hydrogens is 211 g/mol. The largest absolute Gasteiger partial charge is 0.464 e. The lowest BCUT2D eigenvalue weighted by atomic mass is 10.3. The molecule has 0 amide bonds. The molecule has 0 aliphatic carbocycles. The topological polar surface area (TPSA) is 29.5 Å². The van der Waals surface area contributed by atoms with Gasteiger partial charge in [-0.3, -0.25) is 0 Å². The van der Waals surface area contributed by atoms with E-state index in [0.717, 1.165) is 0 Å². The highest BCUT2D eigenvalue weighted by Gasteiger charge is 2.11. The van der Waals surface area contributed by atoms with Crippen LogP contribution in [0.5, 0.6) is 5.75 Å². The van der Waals surface area contributed by atoms with E-state index in [4.69, 9.17) is 27.9 Å². The van der Waals surface area contributed by atoms with Crippen molar-refractivity contribution < 1.29 is 9.84 Å². The molecule has 0 spiro atoms. The molecule has 0 heterocycles. The third kappa shape index (κ3) is 3.43. The van der Waals surface area contributed by atoms with Crippen molar-refractivity contribution in [1.29, 1.82) is 0 Å². The fourth-order valence-electron chi connectivity index (χ4n) is 0.746. The second kappa shape index (κ2) is 4.70. The molecular formula is C9H10Cl2O2. The molecule has 0 aliphatic rings. The van der Waals surface area contributed by atoms with Crippen molar-refractivity contribution in [3.05, 3.63) is 29.3 Å². The van der Waals surface area contributed by atoms with Crippen molar-refractivity contribution >= 4 is 23.2 Å². The summed E-state index contributed by atoms with van der Waals surface area (Å²) in [5.41, 5.74) is 0. The Bertz CT molecular complexity index is 259. The summed E-state index contributed by atoms with van der Waals surface area (Å²) in [6, 6.07) is 6.71. The predicted molar refractivity (Wildman–Crippen MR) is 53.4 cm³/mol. The summed E-state index contributed by atoms with van der Waals surface area (Å²) in [4.78, 5) is 0. The van der Waals surface area contributed by atoms with Gasteiger partial charge in [-0.15, -0.1) is 11.6 Å². The number of halogens is 2. The first-order chi connectivity index (χ1) is 6.09. The van der Waals surface area contributed by atoms with Crippen molar-refractivity contribution in [2.24, 2.45) is 0 Å². The molecule has 0 aromatic heterocycles. The Labute approximate surface area is 87.0 Å². The second-order valence-electron chi connectivity index (χ2n) is 2.64. The number of aliphatic hydroxyl groups is 1. The van der Waals surface area contributed by atoms with Crippen LogP contribution in [-0.2, 0) is 0 Å². The summed E-state index contributed by atoms with van der Waals surface area (Å²) < 4.78 is 5.10. The summed E-state index contributed by atoms with van der Waals surface area (Å²) in [7, 11) is 0. The van der Waals surface area contributed by atoms with E-state index >= 15 is 0 Å². The van der Waals surface area contributed by atoms with Gasteiger partial charge >= 0.3 is 0 Å². The molecule has 4 heteroatoms. The Morgan fingerprint density at radius 1 is 1.31 bits per heavy atom. The molecule has 0 bridgehead atoms. The van der Waals surface area contributed by atoms with Gasteiger partial charge in [0.05, 0.1) is 5.38 Å². The smallest absolute Gasteiger partial charge is 0.213 e. The van der Waals surface area contributed by atoms with Crippen LogP contribution in [-0.4, -0.2) is 16.8 Å². The molecule has 0 aliphatic heterocycles. The molecule has 0 saturated heterocycles. The van der Waals surface area contributed by atoms with Crippen LogP contribution >= 0.6 is 23.2 Å². The standard InChI is InChI=1S/C9H10Cl2O2/c1-6(10)9(12)13-8-4-2-7(11)3-5-8/h2-6,9,12H,1H3. The van der Waals surface area contributed by atoms with Crippen LogP contribution in [0.2, 0.25) is 5.02 Å². The number of ether oxygens (including phenoxy) is 1. The summed E-state index contributed by atoms with van der Waals surface area (Å²) >= 11 is 11.3. The normalized spacial score (nSPS) is 15.1. The SMILES string of the molecule is CC(Cl)C(O)Oc1ccc(Cl)cc1. The van der Waals surface area contributed by atoms with Gasteiger partial charge < -0.3 is 9.84 Å². The molecule has 1 aromatic rings. The molecule has 1 aromatic carbocycles. The van der Waals surface area contributed by atoms with Crippen molar-refractivity contribution in [2.75, 3.05) is 0 Å². The zero-order valence-corrected chi connectivity index (χ0v) is 8.59. The van der Waals surface area contributed by atoms with E-state index in [-0.39, 0.29) is 0 Å². The lowest BCUT2D eigenvalue weighted by Gasteiger charge is -2.14. The number of rotatable bonds is 3. The predicted octanol–water partition coefficient (Wildman–Crippen LogP) is 2.66. The van der Waals surface area contributed by atoms with Crippen LogP contribution in [0.15, 0.2) is 24.3 Å². The quantitative estimate of drug-likeness (QED) is 0.628. The molecule has 72 valence electrons. The Hall–Kier alpha value is -0.440. The van der Waals surface area contributed by atoms with Crippen LogP contribution in [0, 0.1) is 0 Å². The van der Waals surface area contributed by atoms with Crippen LogP contribution in [0.1, 0.15) is 6.92 Å². The Morgan fingerprint density at radius 3 is 2.31 bits per heavy atom. The summed E-state index contributed by atoms with van der Waals surface area (Å²) in [6.07, 6.45) is -0.997. The zero-order chi connectivity index (χ0) is 9.84. The molecule has 1 N–H and O–H groups in total. The minimum absolute atomic E-state index is 0.448. The van der Waals surface area contributed by atoms with Crippen LogP contribution in [0.25, 0.3) is 0 Å². The summed E-state index contributed by atoms with van der Waals surface area (Å²) in [6.45, 7) is 1.65. The minimum atomic E-state index is -0.997. The van der Waals surface area contributed by atoms with E-state index in [2.05, 4.69) is 0 Å². The molecule has 2 nitrogen and oxygen atoms in total. The molecule has 1 rings (SSSR count). The number of hydrogen-bond acceptors (Lipinski definition) is 2. The van der Waals surface area contributed by atoms with E-state index in [1.54, 1.807) is 31.2 Å². The van der Waals surface area contributed by atoms with Crippen molar-refractivity contribution in [3.63, 3.8) is 0 Å². The molecule has 0 saturated carbocycles. The monoisotopic (exact) mass is 220 g/mol. The van der Waals surface area contributed by atoms with Gasteiger partial charge in [0.1, 0.15) is 5.75 Å². The number of hydrogen-bond donors (Lipinski definition) is 1. The van der Waals surface area contributed by atoms with Gasteiger partial charge in [-0.25, -0.2) is 0 Å². The maximum absolute atomic E-state index is 9.26. The van der Waals surface area contributed by atoms with Crippen LogP contribution in [0.3, 0.4) is 0 Å². The maximum atomic E-state index is 9.26. The molecule has 2 atom stereocenters. The average molecular weight is 221 g/mol. The van der Waals surface area contributed by atoms with Crippen LogP contribution in [0.4, 0.5) is 0 Å². The highest BCUT2D eigenvalue weighted by molar-refractivity contribution is 6.30. The van der Waals surface area contributed by atoms with Crippen molar-refractivity contribution in [2.45, 2.75) is 18.6 Å². The Morgan fingerprint density at radius 2 is 1.85 bits per heavy atom. The highest BCUT2D eigenvalue weighted by Crippen LogP contribution is 2.17. The summed E-state index contributed by atoms with van der Waals surface area (Å²) in [5, 5.41) is 9.44. The Kier molecular flexibility index (Phi) is 3.85. The van der Waals surface area contributed by atoms with Gasteiger partial charge in [-0.2, -0.15) is 0 Å². The van der Waals surface area contributed by atoms with Crippen molar-refractivity contribution in [1.82, 2.24) is 0 Å². The first kappa shape index (κ1) is 10.6. The third-order valence-electron chi connectivity index (χ3n) is 1.46. The first-order valence-electron chi connectivity index (χ1n) is 3.84. The number of benzene rings is 1. The highest BCUT2D eigenvalue weighted by atomic mass is 35.5. The summed E-state index contributed by atoms with van der Waals surface area (Å²) in [5.74, 6) is 0.546. The molecule has 0 fully saturated rings. The zero-order valence-electron chi connectivity index (χ0n) is 7.08. The van der Waals surface area contributed by atoms with Gasteiger partial charge in [-0.1, -0.05) is 11.6 Å². The maximum Gasteiger partial charge on any atom is 0.213 e. The molecule has 13 heavy (non-hydrogen) atoms. The second-order valence-corrected chi connectivity index (χ2v) is 3.76. The first-order valence-corrected chi connectivity index (χ1v) is 4.65. The number of aliphatic hydroxyl groups excluding tert-OH is 1. The van der Waals surface area contributed by atoms with Gasteiger partial charge in [0.15, 0.2) is 0 Å². The van der Waals surface area contributed by atoms with E-state index < -0.39 is 11.7 Å². The fraction of sp³-hybridized carbons (Fsp3) is 0.333. The lowest BCUT2D eigenvalue weighted by Crippen LogP contribution is -2.24. The molecule has 2 unspecified atom stereocenters. The van der Waals surface area contributed by atoms with E-state index in [0.29, 0.717) is 10.8 Å². The van der Waals surface area contributed by atoms with Crippen molar-refractivity contribution in [3.8, 4) is 5.75 Å². The molecule has 0 radical (unpaired) electrons.